The Kier molecular flexibility index (Phi) is 7.09. The van der Waals surface area contributed by atoms with Crippen LogP contribution in [-0.2, 0) is 11.2 Å². The molecule has 0 bridgehead atoms. The summed E-state index contributed by atoms with van der Waals surface area (Å²) >= 11 is 6.34. The molecule has 3 nitrogen and oxygen atoms in total. The summed E-state index contributed by atoms with van der Waals surface area (Å²) in [5.74, 6) is -0.0297. The largest absolute Gasteiger partial charge is 0.324 e. The maximum Gasteiger partial charge on any atom is 0.229 e. The second-order valence-electron chi connectivity index (χ2n) is 7.69. The van der Waals surface area contributed by atoms with Crippen LogP contribution in [0, 0.1) is 5.41 Å². The molecule has 0 aliphatic heterocycles. The van der Waals surface area contributed by atoms with E-state index < -0.39 is 5.41 Å². The first kappa shape index (κ1) is 20.0. The van der Waals surface area contributed by atoms with Gasteiger partial charge in [0.15, 0.2) is 0 Å². The van der Waals surface area contributed by atoms with Gasteiger partial charge in [-0.25, -0.2) is 0 Å². The summed E-state index contributed by atoms with van der Waals surface area (Å²) in [4.78, 5) is 14.5. The minimum absolute atomic E-state index is 0.0297. The van der Waals surface area contributed by atoms with Crippen molar-refractivity contribution in [3.63, 3.8) is 0 Å². The van der Waals surface area contributed by atoms with Gasteiger partial charge in [0.1, 0.15) is 0 Å². The molecule has 0 atom stereocenters. The first-order valence-corrected chi connectivity index (χ1v) is 8.75. The van der Waals surface area contributed by atoms with Gasteiger partial charge in [-0.05, 0) is 51.8 Å². The Hall–Kier alpha value is -1.06. The van der Waals surface area contributed by atoms with Gasteiger partial charge >= 0.3 is 0 Å². The molecule has 0 aliphatic rings. The summed E-state index contributed by atoms with van der Waals surface area (Å²) in [6, 6.07) is 6.95. The molecule has 1 N–H and O–H groups in total. The number of carbonyl (C=O) groups excluding carboxylic acids is 1. The Bertz CT molecular complexity index is 525. The third-order valence-corrected chi connectivity index (χ3v) is 4.26. The van der Waals surface area contributed by atoms with E-state index in [0.717, 1.165) is 13.0 Å². The molecule has 0 unspecified atom stereocenters. The molecule has 0 fully saturated rings. The molecule has 0 aromatic heterocycles. The van der Waals surface area contributed by atoms with Crippen LogP contribution in [0.3, 0.4) is 0 Å². The van der Waals surface area contributed by atoms with Crippen molar-refractivity contribution >= 4 is 23.2 Å². The van der Waals surface area contributed by atoms with E-state index in [2.05, 4.69) is 37.9 Å². The van der Waals surface area contributed by atoms with E-state index in [1.165, 1.54) is 5.56 Å². The van der Waals surface area contributed by atoms with Gasteiger partial charge in [0.2, 0.25) is 5.91 Å². The summed E-state index contributed by atoms with van der Waals surface area (Å²) in [7, 11) is 0. The van der Waals surface area contributed by atoms with Crippen LogP contribution < -0.4 is 5.32 Å². The number of halogens is 1. The highest BCUT2D eigenvalue weighted by molar-refractivity contribution is 6.33. The third kappa shape index (κ3) is 6.15. The zero-order valence-electron chi connectivity index (χ0n) is 15.5. The predicted molar refractivity (Wildman–Crippen MR) is 100 cm³/mol. The van der Waals surface area contributed by atoms with Gasteiger partial charge in [-0.1, -0.05) is 38.4 Å². The smallest absolute Gasteiger partial charge is 0.229 e. The normalized spacial score (nSPS) is 12.3. The highest BCUT2D eigenvalue weighted by atomic mass is 35.5. The van der Waals surface area contributed by atoms with Crippen LogP contribution in [-0.4, -0.2) is 29.4 Å². The highest BCUT2D eigenvalue weighted by Gasteiger charge is 2.22. The fourth-order valence-electron chi connectivity index (χ4n) is 2.50. The van der Waals surface area contributed by atoms with Crippen LogP contribution in [0.15, 0.2) is 18.2 Å². The lowest BCUT2D eigenvalue weighted by molar-refractivity contribution is -0.123. The molecule has 4 heteroatoms. The molecule has 0 spiro atoms. The zero-order valence-corrected chi connectivity index (χ0v) is 16.3. The molecule has 1 aromatic rings. The molecule has 0 heterocycles. The van der Waals surface area contributed by atoms with E-state index in [0.29, 0.717) is 22.8 Å². The molecule has 0 aliphatic carbocycles. The molecule has 0 radical (unpaired) electrons. The van der Waals surface area contributed by atoms with Gasteiger partial charge in [-0.3, -0.25) is 9.69 Å². The molecule has 0 saturated heterocycles. The molecular weight excluding hydrogens is 308 g/mol. The summed E-state index contributed by atoms with van der Waals surface area (Å²) < 4.78 is 0. The molecule has 23 heavy (non-hydrogen) atoms. The van der Waals surface area contributed by atoms with Crippen LogP contribution in [0.4, 0.5) is 5.69 Å². The Morgan fingerprint density at radius 3 is 2.17 bits per heavy atom. The Balaban J connectivity index is 2.75. The maximum absolute atomic E-state index is 12.1. The molecule has 1 amide bonds. The third-order valence-electron chi connectivity index (χ3n) is 3.95. The standard InChI is InChI=1S/C19H31ClN2O/c1-13(2)22(14(3)4)11-10-15-8-9-17(16(20)12-15)21-18(23)19(5,6)7/h8-9,12-14H,10-11H2,1-7H3,(H,21,23). The Morgan fingerprint density at radius 2 is 1.74 bits per heavy atom. The number of hydrogen-bond acceptors (Lipinski definition) is 2. The number of amides is 1. The van der Waals surface area contributed by atoms with Crippen molar-refractivity contribution in [1.82, 2.24) is 4.90 Å². The predicted octanol–water partition coefficient (Wildman–Crippen LogP) is 4.99. The van der Waals surface area contributed by atoms with Gasteiger partial charge in [0, 0.05) is 24.0 Å². The summed E-state index contributed by atoms with van der Waals surface area (Å²) in [5, 5.41) is 3.50. The first-order chi connectivity index (χ1) is 10.5. The molecular formula is C19H31ClN2O. The molecule has 0 saturated carbocycles. The number of nitrogens with zero attached hydrogens (tertiary/aromatic N) is 1. The maximum atomic E-state index is 12.1. The van der Waals surface area contributed by atoms with Gasteiger partial charge < -0.3 is 5.32 Å². The van der Waals surface area contributed by atoms with Crippen LogP contribution in [0.5, 0.6) is 0 Å². The van der Waals surface area contributed by atoms with E-state index in [1.54, 1.807) is 0 Å². The zero-order chi connectivity index (χ0) is 17.8. The SMILES string of the molecule is CC(C)N(CCc1ccc(NC(=O)C(C)(C)C)c(Cl)c1)C(C)C. The highest BCUT2D eigenvalue weighted by Crippen LogP contribution is 2.26. The topological polar surface area (TPSA) is 32.3 Å². The van der Waals surface area contributed by atoms with Crippen molar-refractivity contribution < 1.29 is 4.79 Å². The van der Waals surface area contributed by atoms with Crippen molar-refractivity contribution in [1.29, 1.82) is 0 Å². The van der Waals surface area contributed by atoms with Gasteiger partial charge in [0.25, 0.3) is 0 Å². The van der Waals surface area contributed by atoms with Crippen molar-refractivity contribution in [3.05, 3.63) is 28.8 Å². The summed E-state index contributed by atoms with van der Waals surface area (Å²) in [5.41, 5.74) is 1.44. The van der Waals surface area contributed by atoms with Crippen LogP contribution in [0.1, 0.15) is 54.0 Å². The van der Waals surface area contributed by atoms with Gasteiger partial charge in [-0.2, -0.15) is 0 Å². The summed E-state index contributed by atoms with van der Waals surface area (Å²) in [6.45, 7) is 15.5. The van der Waals surface area contributed by atoms with Crippen molar-refractivity contribution in [2.24, 2.45) is 5.41 Å². The quantitative estimate of drug-likeness (QED) is 0.792. The van der Waals surface area contributed by atoms with Gasteiger partial charge in [-0.15, -0.1) is 0 Å². The number of hydrogen-bond donors (Lipinski definition) is 1. The average Bonchev–Trinajstić information content (AvgIpc) is 2.39. The second-order valence-corrected chi connectivity index (χ2v) is 8.10. The minimum atomic E-state index is -0.434. The van der Waals surface area contributed by atoms with Crippen molar-refractivity contribution in [3.8, 4) is 0 Å². The van der Waals surface area contributed by atoms with E-state index >= 15 is 0 Å². The Labute approximate surface area is 146 Å². The number of benzene rings is 1. The number of nitrogens with one attached hydrogen (secondary N) is 1. The van der Waals surface area contributed by atoms with E-state index in [9.17, 15) is 4.79 Å². The number of carbonyl (C=O) groups is 1. The lowest BCUT2D eigenvalue weighted by Crippen LogP contribution is -2.38. The fourth-order valence-corrected chi connectivity index (χ4v) is 2.75. The molecule has 130 valence electrons. The van der Waals surface area contributed by atoms with Crippen LogP contribution in [0.25, 0.3) is 0 Å². The monoisotopic (exact) mass is 338 g/mol. The first-order valence-electron chi connectivity index (χ1n) is 8.38. The summed E-state index contributed by atoms with van der Waals surface area (Å²) in [6.07, 6.45) is 0.948. The van der Waals surface area contributed by atoms with E-state index in [-0.39, 0.29) is 5.91 Å². The van der Waals surface area contributed by atoms with Crippen LogP contribution >= 0.6 is 11.6 Å². The van der Waals surface area contributed by atoms with Gasteiger partial charge in [0.05, 0.1) is 10.7 Å². The lowest BCUT2D eigenvalue weighted by Gasteiger charge is -2.30. The number of rotatable bonds is 6. The van der Waals surface area contributed by atoms with E-state index in [4.69, 9.17) is 11.6 Å². The molecule has 1 aromatic carbocycles. The van der Waals surface area contributed by atoms with Crippen molar-refractivity contribution in [2.45, 2.75) is 67.0 Å². The fraction of sp³-hybridized carbons (Fsp3) is 0.632. The van der Waals surface area contributed by atoms with Crippen LogP contribution in [0.2, 0.25) is 5.02 Å². The Morgan fingerprint density at radius 1 is 1.17 bits per heavy atom. The minimum Gasteiger partial charge on any atom is -0.324 e. The lowest BCUT2D eigenvalue weighted by atomic mass is 9.95. The van der Waals surface area contributed by atoms with Crippen molar-refractivity contribution in [2.75, 3.05) is 11.9 Å². The second kappa shape index (κ2) is 8.16. The van der Waals surface area contributed by atoms with E-state index in [1.807, 2.05) is 39.0 Å². The number of anilines is 1. The average molecular weight is 339 g/mol. The molecule has 1 rings (SSSR count).